The molecule has 184 valence electrons. The van der Waals surface area contributed by atoms with Crippen molar-refractivity contribution in [2.75, 3.05) is 13.2 Å². The van der Waals surface area contributed by atoms with Gasteiger partial charge in [0.1, 0.15) is 18.1 Å². The van der Waals surface area contributed by atoms with Gasteiger partial charge in [0.15, 0.2) is 0 Å². The van der Waals surface area contributed by atoms with Crippen LogP contribution in [0.2, 0.25) is 0 Å². The van der Waals surface area contributed by atoms with E-state index in [4.69, 9.17) is 4.74 Å². The lowest BCUT2D eigenvalue weighted by atomic mass is 9.97. The van der Waals surface area contributed by atoms with Gasteiger partial charge in [0.05, 0.1) is 11.6 Å². The topological polar surface area (TPSA) is 89.4 Å². The molecule has 0 bridgehead atoms. The van der Waals surface area contributed by atoms with E-state index in [1.165, 1.54) is 0 Å². The molecule has 2 fully saturated rings. The maximum atomic E-state index is 13.9. The second kappa shape index (κ2) is 10.6. The predicted octanol–water partition coefficient (Wildman–Crippen LogP) is 3.55. The summed E-state index contributed by atoms with van der Waals surface area (Å²) in [6, 6.07) is 14.8. The first-order valence-corrected chi connectivity index (χ1v) is 12.7. The van der Waals surface area contributed by atoms with Gasteiger partial charge >= 0.3 is 0 Å². The van der Waals surface area contributed by atoms with E-state index in [2.05, 4.69) is 15.6 Å². The maximum absolute atomic E-state index is 13.9. The van der Waals surface area contributed by atoms with Crippen molar-refractivity contribution >= 4 is 22.8 Å². The van der Waals surface area contributed by atoms with Crippen LogP contribution < -0.4 is 5.32 Å². The van der Waals surface area contributed by atoms with Gasteiger partial charge in [-0.3, -0.25) is 9.59 Å². The molecule has 2 aromatic carbocycles. The largest absolute Gasteiger partial charge is 0.376 e. The van der Waals surface area contributed by atoms with E-state index in [-0.39, 0.29) is 30.5 Å². The molecular formula is C27H33N5O3. The number of nitrogens with zero attached hydrogens (tertiary/aromatic N) is 4. The second-order valence-corrected chi connectivity index (χ2v) is 9.67. The summed E-state index contributed by atoms with van der Waals surface area (Å²) < 4.78 is 7.52. The molecule has 3 aromatic rings. The van der Waals surface area contributed by atoms with Gasteiger partial charge in [-0.25, -0.2) is 4.68 Å². The Kier molecular flexibility index (Phi) is 7.08. The first-order valence-electron chi connectivity index (χ1n) is 12.7. The van der Waals surface area contributed by atoms with Gasteiger partial charge in [0.2, 0.25) is 11.8 Å². The van der Waals surface area contributed by atoms with E-state index in [1.54, 1.807) is 9.58 Å². The fourth-order valence-electron chi connectivity index (χ4n) is 5.31. The first-order chi connectivity index (χ1) is 17.1. The molecule has 1 N–H and O–H groups in total. The summed E-state index contributed by atoms with van der Waals surface area (Å²) in [6.07, 6.45) is 5.96. The number of carbonyl (C=O) groups excluding carboxylic acids is 2. The van der Waals surface area contributed by atoms with E-state index in [0.29, 0.717) is 13.2 Å². The van der Waals surface area contributed by atoms with Gasteiger partial charge in [-0.2, -0.15) is 0 Å². The lowest BCUT2D eigenvalue weighted by molar-refractivity contribution is -0.143. The van der Waals surface area contributed by atoms with Crippen LogP contribution in [0.25, 0.3) is 11.0 Å². The number of aryl methyl sites for hydroxylation is 1. The Bertz CT molecular complexity index is 1180. The Balaban J connectivity index is 1.49. The highest BCUT2D eigenvalue weighted by atomic mass is 16.5. The van der Waals surface area contributed by atoms with Crippen LogP contribution in [0.3, 0.4) is 0 Å². The molecule has 2 amide bonds. The van der Waals surface area contributed by atoms with Crippen LogP contribution in [-0.2, 0) is 20.9 Å². The molecule has 1 aliphatic carbocycles. The van der Waals surface area contributed by atoms with Crippen LogP contribution in [-0.4, -0.2) is 57.0 Å². The van der Waals surface area contributed by atoms with E-state index in [9.17, 15) is 9.59 Å². The average Bonchev–Trinajstić information content (AvgIpc) is 3.63. The van der Waals surface area contributed by atoms with Crippen molar-refractivity contribution in [2.45, 2.75) is 70.2 Å². The van der Waals surface area contributed by atoms with Crippen LogP contribution in [0.1, 0.15) is 55.7 Å². The number of hydrogen-bond donors (Lipinski definition) is 1. The zero-order valence-electron chi connectivity index (χ0n) is 20.2. The number of aromatic nitrogens is 3. The second-order valence-electron chi connectivity index (χ2n) is 9.67. The summed E-state index contributed by atoms with van der Waals surface area (Å²) in [6.45, 7) is 3.05. The Morgan fingerprint density at radius 1 is 1.09 bits per heavy atom. The van der Waals surface area contributed by atoms with E-state index < -0.39 is 6.04 Å². The van der Waals surface area contributed by atoms with Crippen LogP contribution in [0, 0.1) is 6.92 Å². The Labute approximate surface area is 205 Å². The summed E-state index contributed by atoms with van der Waals surface area (Å²) in [5, 5.41) is 11.7. The SMILES string of the molecule is Cc1ccccc1[C@@H](C(=O)NC1CCCC1)N(C[C@@H]1CCCO1)C(=O)Cn1nnc2ccccc21. The maximum Gasteiger partial charge on any atom is 0.247 e. The van der Waals surface area contributed by atoms with Crippen LogP contribution in [0.15, 0.2) is 48.5 Å². The molecule has 35 heavy (non-hydrogen) atoms. The van der Waals surface area contributed by atoms with Gasteiger partial charge in [0, 0.05) is 19.2 Å². The van der Waals surface area contributed by atoms with Crippen molar-refractivity contribution in [3.8, 4) is 0 Å². The van der Waals surface area contributed by atoms with E-state index >= 15 is 0 Å². The molecule has 1 aliphatic heterocycles. The number of carbonyl (C=O) groups is 2. The highest BCUT2D eigenvalue weighted by Crippen LogP contribution is 2.29. The lowest BCUT2D eigenvalue weighted by Crippen LogP contribution is -2.49. The number of ether oxygens (including phenoxy) is 1. The number of fused-ring (bicyclic) bond motifs is 1. The van der Waals surface area contributed by atoms with Crippen molar-refractivity contribution in [3.05, 3.63) is 59.7 Å². The molecule has 2 heterocycles. The van der Waals surface area contributed by atoms with E-state index in [1.807, 2.05) is 55.5 Å². The van der Waals surface area contributed by atoms with Gasteiger partial charge in [-0.05, 0) is 55.9 Å². The van der Waals surface area contributed by atoms with Gasteiger partial charge in [0.25, 0.3) is 0 Å². The summed E-state index contributed by atoms with van der Waals surface area (Å²) in [5.41, 5.74) is 3.36. The molecule has 0 radical (unpaired) electrons. The van der Waals surface area contributed by atoms with Crippen LogP contribution >= 0.6 is 0 Å². The third kappa shape index (κ3) is 5.22. The highest BCUT2D eigenvalue weighted by molar-refractivity contribution is 5.89. The molecule has 2 atom stereocenters. The fourth-order valence-corrected chi connectivity index (χ4v) is 5.31. The van der Waals surface area contributed by atoms with Crippen LogP contribution in [0.4, 0.5) is 0 Å². The minimum absolute atomic E-state index is 0.00627. The number of amides is 2. The molecule has 8 heteroatoms. The zero-order valence-corrected chi connectivity index (χ0v) is 20.2. The first kappa shape index (κ1) is 23.5. The Hall–Kier alpha value is -3.26. The van der Waals surface area contributed by atoms with E-state index in [0.717, 1.165) is 60.7 Å². The third-order valence-electron chi connectivity index (χ3n) is 7.19. The van der Waals surface area contributed by atoms with Gasteiger partial charge in [-0.1, -0.05) is 54.5 Å². The number of rotatable bonds is 8. The summed E-state index contributed by atoms with van der Waals surface area (Å²) in [7, 11) is 0. The quantitative estimate of drug-likeness (QED) is 0.538. The number of para-hydroxylation sites is 1. The normalized spacial score (nSPS) is 19.2. The molecule has 1 saturated carbocycles. The number of hydrogen-bond acceptors (Lipinski definition) is 5. The number of benzene rings is 2. The summed E-state index contributed by atoms with van der Waals surface area (Å²) in [4.78, 5) is 29.4. The Morgan fingerprint density at radius 3 is 2.63 bits per heavy atom. The minimum Gasteiger partial charge on any atom is -0.376 e. The van der Waals surface area contributed by atoms with Crippen molar-refractivity contribution in [1.29, 1.82) is 0 Å². The van der Waals surface area contributed by atoms with Crippen molar-refractivity contribution in [3.63, 3.8) is 0 Å². The molecule has 0 unspecified atom stereocenters. The smallest absolute Gasteiger partial charge is 0.247 e. The monoisotopic (exact) mass is 475 g/mol. The lowest BCUT2D eigenvalue weighted by Gasteiger charge is -2.34. The standard InChI is InChI=1S/C27H33N5O3/c1-19-9-2-5-13-22(19)26(27(34)28-20-10-3-4-11-20)31(17-21-12-8-16-35-21)25(33)18-32-24-15-7-6-14-23(24)29-30-32/h2,5-7,9,13-15,20-21,26H,3-4,8,10-12,16-18H2,1H3,(H,28,34)/t21-,26-/m0/s1. The number of nitrogens with one attached hydrogen (secondary N) is 1. The Morgan fingerprint density at radius 2 is 1.86 bits per heavy atom. The molecule has 0 spiro atoms. The fraction of sp³-hybridized carbons (Fsp3) is 0.481. The molecule has 1 saturated heterocycles. The highest BCUT2D eigenvalue weighted by Gasteiger charge is 2.36. The van der Waals surface area contributed by atoms with Crippen molar-refractivity contribution in [2.24, 2.45) is 0 Å². The summed E-state index contributed by atoms with van der Waals surface area (Å²) >= 11 is 0. The summed E-state index contributed by atoms with van der Waals surface area (Å²) in [5.74, 6) is -0.299. The molecule has 2 aliphatic rings. The van der Waals surface area contributed by atoms with Gasteiger partial charge < -0.3 is 15.0 Å². The molecular weight excluding hydrogens is 442 g/mol. The molecule has 8 nitrogen and oxygen atoms in total. The predicted molar refractivity (Wildman–Crippen MR) is 133 cm³/mol. The molecule has 1 aromatic heterocycles. The minimum atomic E-state index is -0.733. The molecule has 5 rings (SSSR count). The van der Waals surface area contributed by atoms with Gasteiger partial charge in [-0.15, -0.1) is 5.10 Å². The van der Waals surface area contributed by atoms with Crippen LogP contribution in [0.5, 0.6) is 0 Å². The zero-order chi connectivity index (χ0) is 24.2. The van der Waals surface area contributed by atoms with Crippen molar-refractivity contribution in [1.82, 2.24) is 25.2 Å². The third-order valence-corrected chi connectivity index (χ3v) is 7.19. The van der Waals surface area contributed by atoms with Crippen molar-refractivity contribution < 1.29 is 14.3 Å². The average molecular weight is 476 g/mol.